The van der Waals surface area contributed by atoms with Gasteiger partial charge in [-0.25, -0.2) is 0 Å². The van der Waals surface area contributed by atoms with E-state index in [-0.39, 0.29) is 0 Å². The molecular weight excluding hydrogens is 242 g/mol. The van der Waals surface area contributed by atoms with Crippen LogP contribution in [0.4, 0.5) is 0 Å². The molecule has 1 saturated carbocycles. The lowest BCUT2D eigenvalue weighted by Crippen LogP contribution is -2.28. The quantitative estimate of drug-likeness (QED) is 0.818. The summed E-state index contributed by atoms with van der Waals surface area (Å²) in [6, 6.07) is 0.508. The fraction of sp³-hybridized carbons (Fsp3) is 0.857. The first-order valence-corrected chi connectivity index (χ1v) is 8.18. The summed E-state index contributed by atoms with van der Waals surface area (Å²) < 4.78 is 4.19. The number of hydrogen-bond acceptors (Lipinski definition) is 4. The zero-order valence-electron chi connectivity index (χ0n) is 11.6. The number of nitrogens with zero attached hydrogens (tertiary/aromatic N) is 2. The van der Waals surface area contributed by atoms with E-state index in [2.05, 4.69) is 28.8 Å². The molecule has 0 aromatic carbocycles. The van der Waals surface area contributed by atoms with Crippen molar-refractivity contribution < 1.29 is 0 Å². The van der Waals surface area contributed by atoms with Gasteiger partial charge in [0.25, 0.3) is 0 Å². The standard InChI is InChI=1S/C14H25N3S/c1-3-7-12-14(18-17-16-12)13(15-10-4-2)11-8-5-6-9-11/h11,13,15H,3-10H2,1-2H3. The van der Waals surface area contributed by atoms with Crippen LogP contribution >= 0.6 is 11.5 Å². The molecule has 1 aliphatic carbocycles. The monoisotopic (exact) mass is 267 g/mol. The zero-order chi connectivity index (χ0) is 12.8. The summed E-state index contributed by atoms with van der Waals surface area (Å²) in [5.41, 5.74) is 1.24. The van der Waals surface area contributed by atoms with E-state index in [9.17, 15) is 0 Å². The lowest BCUT2D eigenvalue weighted by atomic mass is 9.95. The molecule has 2 rings (SSSR count). The average molecular weight is 267 g/mol. The lowest BCUT2D eigenvalue weighted by molar-refractivity contribution is 0.371. The number of aryl methyl sites for hydroxylation is 1. The average Bonchev–Trinajstić information content (AvgIpc) is 3.02. The predicted molar refractivity (Wildman–Crippen MR) is 76.9 cm³/mol. The number of nitrogens with one attached hydrogen (secondary N) is 1. The van der Waals surface area contributed by atoms with E-state index in [1.807, 2.05) is 0 Å². The molecule has 102 valence electrons. The van der Waals surface area contributed by atoms with Crippen molar-refractivity contribution in [2.24, 2.45) is 5.92 Å². The molecule has 0 amide bonds. The van der Waals surface area contributed by atoms with E-state index in [1.165, 1.54) is 42.7 Å². The third kappa shape index (κ3) is 3.29. The Morgan fingerprint density at radius 1 is 1.28 bits per heavy atom. The maximum absolute atomic E-state index is 4.33. The second-order valence-electron chi connectivity index (χ2n) is 5.31. The van der Waals surface area contributed by atoms with Gasteiger partial charge in [-0.15, -0.1) is 5.10 Å². The van der Waals surface area contributed by atoms with Crippen molar-refractivity contribution in [3.8, 4) is 0 Å². The van der Waals surface area contributed by atoms with Gasteiger partial charge in [-0.1, -0.05) is 37.6 Å². The second kappa shape index (κ2) is 7.19. The van der Waals surface area contributed by atoms with E-state index in [0.29, 0.717) is 6.04 Å². The highest BCUT2D eigenvalue weighted by Crippen LogP contribution is 2.38. The fourth-order valence-electron chi connectivity index (χ4n) is 2.93. The van der Waals surface area contributed by atoms with Crippen LogP contribution in [-0.2, 0) is 6.42 Å². The Morgan fingerprint density at radius 3 is 2.72 bits per heavy atom. The van der Waals surface area contributed by atoms with Crippen molar-refractivity contribution in [1.82, 2.24) is 14.9 Å². The summed E-state index contributed by atoms with van der Waals surface area (Å²) >= 11 is 1.61. The molecule has 0 radical (unpaired) electrons. The first-order chi connectivity index (χ1) is 8.86. The van der Waals surface area contributed by atoms with Crippen LogP contribution in [0.1, 0.15) is 69.0 Å². The maximum atomic E-state index is 4.33. The normalized spacial score (nSPS) is 18.3. The van der Waals surface area contributed by atoms with Gasteiger partial charge < -0.3 is 5.32 Å². The Morgan fingerprint density at radius 2 is 2.06 bits per heavy atom. The highest BCUT2D eigenvalue weighted by molar-refractivity contribution is 7.05. The third-order valence-corrected chi connectivity index (χ3v) is 4.69. The van der Waals surface area contributed by atoms with Crippen LogP contribution < -0.4 is 5.32 Å². The molecule has 4 heteroatoms. The SMILES string of the molecule is CCCNC(c1snnc1CCC)C1CCCC1. The number of rotatable bonds is 7. The van der Waals surface area contributed by atoms with Crippen molar-refractivity contribution in [3.63, 3.8) is 0 Å². The predicted octanol–water partition coefficient (Wildman–Crippen LogP) is 3.72. The van der Waals surface area contributed by atoms with Crippen LogP contribution in [0.2, 0.25) is 0 Å². The molecule has 1 N–H and O–H groups in total. The zero-order valence-corrected chi connectivity index (χ0v) is 12.4. The summed E-state index contributed by atoms with van der Waals surface area (Å²) in [5.74, 6) is 0.800. The minimum absolute atomic E-state index is 0.508. The molecule has 1 heterocycles. The van der Waals surface area contributed by atoms with Crippen LogP contribution in [0.5, 0.6) is 0 Å². The Hall–Kier alpha value is -0.480. The van der Waals surface area contributed by atoms with E-state index in [4.69, 9.17) is 0 Å². The lowest BCUT2D eigenvalue weighted by Gasteiger charge is -2.24. The molecule has 18 heavy (non-hydrogen) atoms. The first-order valence-electron chi connectivity index (χ1n) is 7.41. The third-order valence-electron chi connectivity index (χ3n) is 3.84. The van der Waals surface area contributed by atoms with Gasteiger partial charge in [-0.2, -0.15) is 0 Å². The minimum Gasteiger partial charge on any atom is -0.309 e. The van der Waals surface area contributed by atoms with Crippen LogP contribution in [0.3, 0.4) is 0 Å². The molecular formula is C14H25N3S. The van der Waals surface area contributed by atoms with Gasteiger partial charge in [0, 0.05) is 6.04 Å². The molecule has 1 aliphatic rings. The van der Waals surface area contributed by atoms with Gasteiger partial charge >= 0.3 is 0 Å². The molecule has 1 aromatic heterocycles. The van der Waals surface area contributed by atoms with Crippen molar-refractivity contribution in [1.29, 1.82) is 0 Å². The number of hydrogen-bond donors (Lipinski definition) is 1. The maximum Gasteiger partial charge on any atom is 0.0803 e. The summed E-state index contributed by atoms with van der Waals surface area (Å²) in [6.45, 7) is 5.55. The topological polar surface area (TPSA) is 37.8 Å². The summed E-state index contributed by atoms with van der Waals surface area (Å²) in [7, 11) is 0. The molecule has 1 fully saturated rings. The smallest absolute Gasteiger partial charge is 0.0803 e. The molecule has 1 unspecified atom stereocenters. The van der Waals surface area contributed by atoms with Gasteiger partial charge in [0.1, 0.15) is 0 Å². The number of aromatic nitrogens is 2. The Balaban J connectivity index is 2.12. The molecule has 0 spiro atoms. The first kappa shape index (κ1) is 13.9. The molecule has 3 nitrogen and oxygen atoms in total. The summed E-state index contributed by atoms with van der Waals surface area (Å²) in [5, 5.41) is 8.08. The van der Waals surface area contributed by atoms with Crippen LogP contribution in [-0.4, -0.2) is 16.1 Å². The highest BCUT2D eigenvalue weighted by Gasteiger charge is 2.29. The second-order valence-corrected chi connectivity index (χ2v) is 6.10. The summed E-state index contributed by atoms with van der Waals surface area (Å²) in [4.78, 5) is 1.41. The van der Waals surface area contributed by atoms with Gasteiger partial charge in [0.15, 0.2) is 0 Å². The molecule has 1 aromatic rings. The minimum atomic E-state index is 0.508. The Bertz CT molecular complexity index is 345. The molecule has 0 saturated heterocycles. The van der Waals surface area contributed by atoms with E-state index in [1.54, 1.807) is 11.5 Å². The van der Waals surface area contributed by atoms with Crippen LogP contribution in [0, 0.1) is 5.92 Å². The van der Waals surface area contributed by atoms with Gasteiger partial charge in [0.2, 0.25) is 0 Å². The van der Waals surface area contributed by atoms with Crippen LogP contribution in [0.15, 0.2) is 0 Å². The largest absolute Gasteiger partial charge is 0.309 e. The summed E-state index contributed by atoms with van der Waals surface area (Å²) in [6.07, 6.45) is 8.94. The molecule has 1 atom stereocenters. The fourth-order valence-corrected chi connectivity index (χ4v) is 3.79. The van der Waals surface area contributed by atoms with E-state index < -0.39 is 0 Å². The highest BCUT2D eigenvalue weighted by atomic mass is 32.1. The van der Waals surface area contributed by atoms with Crippen molar-refractivity contribution in [3.05, 3.63) is 10.6 Å². The van der Waals surface area contributed by atoms with Crippen molar-refractivity contribution >= 4 is 11.5 Å². The van der Waals surface area contributed by atoms with Gasteiger partial charge in [0.05, 0.1) is 10.6 Å². The van der Waals surface area contributed by atoms with Crippen LogP contribution in [0.25, 0.3) is 0 Å². The Labute approximate surface area is 115 Å². The van der Waals surface area contributed by atoms with Gasteiger partial charge in [-0.3, -0.25) is 0 Å². The van der Waals surface area contributed by atoms with E-state index in [0.717, 1.165) is 25.3 Å². The Kier molecular flexibility index (Phi) is 5.57. The van der Waals surface area contributed by atoms with Crippen molar-refractivity contribution in [2.45, 2.75) is 64.8 Å². The van der Waals surface area contributed by atoms with Gasteiger partial charge in [-0.05, 0) is 49.7 Å². The van der Waals surface area contributed by atoms with Crippen molar-refractivity contribution in [2.75, 3.05) is 6.54 Å². The molecule has 0 bridgehead atoms. The molecule has 0 aliphatic heterocycles. The van der Waals surface area contributed by atoms with E-state index >= 15 is 0 Å².